The minimum Gasteiger partial charge on any atom is -0.493 e. The summed E-state index contributed by atoms with van der Waals surface area (Å²) >= 11 is 4.99. The average molecular weight is 366 g/mol. The highest BCUT2D eigenvalue weighted by Crippen LogP contribution is 2.18. The molecular formula is C17H26N4O3S. The van der Waals surface area contributed by atoms with Gasteiger partial charge in [0.15, 0.2) is 5.11 Å². The molecule has 1 rings (SSSR count). The molecule has 2 amide bonds. The number of para-hydroxylation sites is 1. The predicted octanol–water partition coefficient (Wildman–Crippen LogP) is 1.35. The molecule has 0 fully saturated rings. The number of hydrazine groups is 1. The minimum absolute atomic E-state index is 0.113. The van der Waals surface area contributed by atoms with E-state index in [9.17, 15) is 9.59 Å². The van der Waals surface area contributed by atoms with Crippen molar-refractivity contribution in [3.8, 4) is 5.75 Å². The number of amides is 2. The highest BCUT2D eigenvalue weighted by Gasteiger charge is 2.25. The van der Waals surface area contributed by atoms with Crippen molar-refractivity contribution < 1.29 is 14.3 Å². The maximum absolute atomic E-state index is 12.6. The Morgan fingerprint density at radius 1 is 1.16 bits per heavy atom. The van der Waals surface area contributed by atoms with Crippen LogP contribution in [0.1, 0.15) is 38.1 Å². The van der Waals surface area contributed by atoms with Gasteiger partial charge in [0.25, 0.3) is 11.8 Å². The number of carbonyl (C=O) groups excluding carboxylic acids is 2. The van der Waals surface area contributed by atoms with Crippen LogP contribution in [0.2, 0.25) is 0 Å². The first-order chi connectivity index (χ1) is 11.9. The normalized spacial score (nSPS) is 11.4. The summed E-state index contributed by atoms with van der Waals surface area (Å²) in [5.41, 5.74) is 5.50. The van der Waals surface area contributed by atoms with E-state index < -0.39 is 6.04 Å². The molecule has 1 aromatic carbocycles. The standard InChI is InChI=1S/C17H26N4O3S/c1-5-18-17(25)21-20-16(23)14(11(3)4)19-15(22)12-9-7-8-10-13(12)24-6-2/h7-11,14H,5-6H2,1-4H3,(H,19,22)(H,20,23)(H2,18,21,25)/t14-/m0/s1. The Labute approximate surface area is 153 Å². The van der Waals surface area contributed by atoms with Crippen LogP contribution < -0.4 is 26.2 Å². The Morgan fingerprint density at radius 2 is 1.84 bits per heavy atom. The van der Waals surface area contributed by atoms with E-state index in [1.807, 2.05) is 27.7 Å². The number of hydrogen-bond acceptors (Lipinski definition) is 4. The summed E-state index contributed by atoms with van der Waals surface area (Å²) in [6.45, 7) is 8.52. The third-order valence-corrected chi connectivity index (χ3v) is 3.55. The van der Waals surface area contributed by atoms with Crippen LogP contribution in [0.5, 0.6) is 5.75 Å². The van der Waals surface area contributed by atoms with Gasteiger partial charge in [0.2, 0.25) is 0 Å². The second-order valence-electron chi connectivity index (χ2n) is 5.60. The highest BCUT2D eigenvalue weighted by molar-refractivity contribution is 7.80. The summed E-state index contributed by atoms with van der Waals surface area (Å²) in [6.07, 6.45) is 0. The van der Waals surface area contributed by atoms with Gasteiger partial charge in [-0.15, -0.1) is 0 Å². The van der Waals surface area contributed by atoms with Crippen molar-refractivity contribution in [3.05, 3.63) is 29.8 Å². The number of benzene rings is 1. The molecule has 0 aliphatic heterocycles. The molecule has 1 aromatic rings. The van der Waals surface area contributed by atoms with E-state index >= 15 is 0 Å². The Hall–Kier alpha value is -2.35. The van der Waals surface area contributed by atoms with Crippen molar-refractivity contribution in [1.29, 1.82) is 0 Å². The van der Waals surface area contributed by atoms with Crippen LogP contribution in [0.3, 0.4) is 0 Å². The first-order valence-electron chi connectivity index (χ1n) is 8.27. The molecule has 8 heteroatoms. The molecule has 0 aliphatic rings. The van der Waals surface area contributed by atoms with Gasteiger partial charge in [0.1, 0.15) is 11.8 Å². The monoisotopic (exact) mass is 366 g/mol. The maximum Gasteiger partial charge on any atom is 0.261 e. The van der Waals surface area contributed by atoms with Crippen molar-refractivity contribution in [3.63, 3.8) is 0 Å². The molecule has 0 unspecified atom stereocenters. The SMILES string of the molecule is CCNC(=S)NNC(=O)[C@@H](NC(=O)c1ccccc1OCC)C(C)C. The van der Waals surface area contributed by atoms with Gasteiger partial charge in [-0.1, -0.05) is 26.0 Å². The van der Waals surface area contributed by atoms with Crippen LogP contribution in [0.15, 0.2) is 24.3 Å². The van der Waals surface area contributed by atoms with E-state index in [2.05, 4.69) is 21.5 Å². The first kappa shape index (κ1) is 20.7. The molecule has 0 radical (unpaired) electrons. The Morgan fingerprint density at radius 3 is 2.44 bits per heavy atom. The molecule has 0 spiro atoms. The molecule has 0 aromatic heterocycles. The topological polar surface area (TPSA) is 91.5 Å². The second-order valence-corrected chi connectivity index (χ2v) is 6.01. The lowest BCUT2D eigenvalue weighted by atomic mass is 10.0. The quantitative estimate of drug-likeness (QED) is 0.430. The van der Waals surface area contributed by atoms with Gasteiger partial charge in [0, 0.05) is 6.54 Å². The number of rotatable bonds is 7. The van der Waals surface area contributed by atoms with Crippen molar-refractivity contribution >= 4 is 29.1 Å². The molecule has 0 saturated heterocycles. The van der Waals surface area contributed by atoms with Crippen molar-refractivity contribution in [2.24, 2.45) is 5.92 Å². The van der Waals surface area contributed by atoms with E-state index in [-0.39, 0.29) is 17.7 Å². The second kappa shape index (κ2) is 10.5. The predicted molar refractivity (Wildman–Crippen MR) is 101 cm³/mol. The number of hydrogen-bond donors (Lipinski definition) is 4. The van der Waals surface area contributed by atoms with Gasteiger partial charge in [-0.2, -0.15) is 0 Å². The smallest absolute Gasteiger partial charge is 0.261 e. The fourth-order valence-corrected chi connectivity index (χ4v) is 2.29. The fraction of sp³-hybridized carbons (Fsp3) is 0.471. The molecule has 138 valence electrons. The van der Waals surface area contributed by atoms with Crippen LogP contribution in [-0.2, 0) is 4.79 Å². The molecule has 0 saturated carbocycles. The summed E-state index contributed by atoms with van der Waals surface area (Å²) in [7, 11) is 0. The summed E-state index contributed by atoms with van der Waals surface area (Å²) in [5, 5.41) is 5.92. The molecule has 25 heavy (non-hydrogen) atoms. The number of nitrogens with one attached hydrogen (secondary N) is 4. The Balaban J connectivity index is 2.79. The zero-order valence-electron chi connectivity index (χ0n) is 15.0. The summed E-state index contributed by atoms with van der Waals surface area (Å²) in [4.78, 5) is 24.9. The van der Waals surface area contributed by atoms with Crippen molar-refractivity contribution in [2.45, 2.75) is 33.7 Å². The maximum atomic E-state index is 12.6. The number of thiocarbonyl (C=S) groups is 1. The largest absolute Gasteiger partial charge is 0.493 e. The van der Waals surface area contributed by atoms with E-state index in [1.165, 1.54) is 0 Å². The van der Waals surface area contributed by atoms with Crippen molar-refractivity contribution in [2.75, 3.05) is 13.2 Å². The molecular weight excluding hydrogens is 340 g/mol. The van der Waals surface area contributed by atoms with Crippen LogP contribution in [0.4, 0.5) is 0 Å². The van der Waals surface area contributed by atoms with Crippen molar-refractivity contribution in [1.82, 2.24) is 21.5 Å². The molecule has 7 nitrogen and oxygen atoms in total. The molecule has 0 heterocycles. The van der Waals surface area contributed by atoms with E-state index in [1.54, 1.807) is 24.3 Å². The van der Waals surface area contributed by atoms with E-state index in [0.717, 1.165) is 0 Å². The lowest BCUT2D eigenvalue weighted by Crippen LogP contribution is -2.55. The number of carbonyl (C=O) groups is 2. The fourth-order valence-electron chi connectivity index (χ4n) is 2.09. The summed E-state index contributed by atoms with van der Waals surface area (Å²) < 4.78 is 5.47. The van der Waals surface area contributed by atoms with Gasteiger partial charge in [-0.3, -0.25) is 20.4 Å². The first-order valence-corrected chi connectivity index (χ1v) is 8.67. The van der Waals surface area contributed by atoms with Gasteiger partial charge < -0.3 is 15.4 Å². The summed E-state index contributed by atoms with van der Waals surface area (Å²) in [6, 6.07) is 6.20. The van der Waals surface area contributed by atoms with Crippen LogP contribution in [0, 0.1) is 5.92 Å². The van der Waals surface area contributed by atoms with Gasteiger partial charge in [-0.25, -0.2) is 0 Å². The zero-order valence-corrected chi connectivity index (χ0v) is 15.8. The molecule has 1 atom stereocenters. The molecule has 0 aliphatic carbocycles. The van der Waals surface area contributed by atoms with E-state index in [4.69, 9.17) is 17.0 Å². The molecule has 4 N–H and O–H groups in total. The average Bonchev–Trinajstić information content (AvgIpc) is 2.58. The van der Waals surface area contributed by atoms with Crippen LogP contribution in [-0.4, -0.2) is 36.1 Å². The Kier molecular flexibility index (Phi) is 8.69. The van der Waals surface area contributed by atoms with Gasteiger partial charge in [-0.05, 0) is 44.1 Å². The lowest BCUT2D eigenvalue weighted by Gasteiger charge is -2.22. The third-order valence-electron chi connectivity index (χ3n) is 3.30. The summed E-state index contributed by atoms with van der Waals surface area (Å²) in [5.74, 6) is -0.376. The van der Waals surface area contributed by atoms with Crippen LogP contribution >= 0.6 is 12.2 Å². The van der Waals surface area contributed by atoms with E-state index in [0.29, 0.717) is 29.6 Å². The molecule has 0 bridgehead atoms. The Bertz CT molecular complexity index is 607. The zero-order chi connectivity index (χ0) is 18.8. The lowest BCUT2D eigenvalue weighted by molar-refractivity contribution is -0.124. The third kappa shape index (κ3) is 6.58. The van der Waals surface area contributed by atoms with Crippen LogP contribution in [0.25, 0.3) is 0 Å². The van der Waals surface area contributed by atoms with Gasteiger partial charge >= 0.3 is 0 Å². The minimum atomic E-state index is -0.723. The highest BCUT2D eigenvalue weighted by atomic mass is 32.1. The number of ether oxygens (including phenoxy) is 1. The van der Waals surface area contributed by atoms with Gasteiger partial charge in [0.05, 0.1) is 12.2 Å².